The van der Waals surface area contributed by atoms with Crippen molar-refractivity contribution in [3.63, 3.8) is 0 Å². The summed E-state index contributed by atoms with van der Waals surface area (Å²) in [5.74, 6) is 3.86. The Morgan fingerprint density at radius 2 is 0.558 bits per heavy atom. The summed E-state index contributed by atoms with van der Waals surface area (Å²) in [4.78, 5) is 0. The third-order valence-electron chi connectivity index (χ3n) is 18.2. The van der Waals surface area contributed by atoms with E-state index in [2.05, 4.69) is 126 Å². The highest BCUT2D eigenvalue weighted by atomic mass is 31.2. The molecule has 0 amide bonds. The van der Waals surface area contributed by atoms with Crippen LogP contribution in [0, 0.1) is 31.6 Å². The summed E-state index contributed by atoms with van der Waals surface area (Å²) in [6, 6.07) is 13.0. The summed E-state index contributed by atoms with van der Waals surface area (Å²) < 4.78 is 40.7. The summed E-state index contributed by atoms with van der Waals surface area (Å²) >= 11 is 0. The minimum Gasteiger partial charge on any atom is -0.426 e. The molecule has 502 valence electrons. The predicted molar refractivity (Wildman–Crippen MR) is 381 cm³/mol. The molecule has 2 aromatic carbocycles. The highest BCUT2D eigenvalue weighted by molar-refractivity contribution is 7.42. The molecule has 6 nitrogen and oxygen atoms in total. The van der Waals surface area contributed by atoms with E-state index in [4.69, 9.17) is 27.1 Å². The molecule has 2 aromatic rings. The van der Waals surface area contributed by atoms with Gasteiger partial charge in [-0.2, -0.15) is 0 Å². The SMILES string of the molecule is CCCCCCCCCCCCCOP(OCCCC(CCCCCCCCC)C(CCC)C(CCCCCCCCC)CCCOP(OCCCCCCCCCCCCC)Oc1cccc(C)c1C(C)(C)C)Oc1cccc(C)c1C(C)(C)C. The van der Waals surface area contributed by atoms with Crippen molar-refractivity contribution in [2.24, 2.45) is 17.8 Å². The van der Waals surface area contributed by atoms with E-state index in [1.807, 2.05) is 0 Å². The maximum atomic E-state index is 6.87. The lowest BCUT2D eigenvalue weighted by molar-refractivity contribution is 0.139. The maximum Gasteiger partial charge on any atom is 0.397 e. The lowest BCUT2D eigenvalue weighted by Gasteiger charge is -2.35. The summed E-state index contributed by atoms with van der Waals surface area (Å²) in [5.41, 5.74) is 4.91. The summed E-state index contributed by atoms with van der Waals surface area (Å²) in [6.45, 7) is 32.6. The summed E-state index contributed by atoms with van der Waals surface area (Å²) in [5, 5.41) is 0. The van der Waals surface area contributed by atoms with Crippen LogP contribution in [0.25, 0.3) is 0 Å². The minimum absolute atomic E-state index is 0.0550. The standard InChI is InChI=1S/C78H144O6P2/c1-14-19-23-27-31-33-35-37-41-45-49-64-79-85(83-73-62-51-56-68(6)75(73)77(8,9)10)81-66-53-60-70(58-47-43-39-29-25-21-16-3)72(55-18-5)71(59-48-44-40-30-26-22-17-4)61-54-67-82-86(84-74-63-52-57-69(7)76(74)78(11,12)13)80-65-50-46-42-38-36-34-32-28-24-20-15-2/h51-52,56-57,62-63,70-72H,14-50,53-55,58-61,64-67H2,1-13H3. The van der Waals surface area contributed by atoms with Crippen LogP contribution in [0.1, 0.15) is 381 Å². The molecule has 0 radical (unpaired) electrons. The van der Waals surface area contributed by atoms with Gasteiger partial charge >= 0.3 is 17.2 Å². The predicted octanol–water partition coefficient (Wildman–Crippen LogP) is 28.0. The Morgan fingerprint density at radius 1 is 0.302 bits per heavy atom. The number of hydrogen-bond donors (Lipinski definition) is 0. The Bertz CT molecular complexity index is 1700. The second kappa shape index (κ2) is 53.3. The fourth-order valence-electron chi connectivity index (χ4n) is 13.5. The van der Waals surface area contributed by atoms with Gasteiger partial charge in [0.25, 0.3) is 0 Å². The second-order valence-electron chi connectivity index (χ2n) is 28.5. The van der Waals surface area contributed by atoms with E-state index in [1.54, 1.807) is 0 Å². The van der Waals surface area contributed by atoms with E-state index in [0.717, 1.165) is 37.2 Å². The third-order valence-corrected chi connectivity index (χ3v) is 20.5. The van der Waals surface area contributed by atoms with Crippen LogP contribution in [0.4, 0.5) is 0 Å². The van der Waals surface area contributed by atoms with Gasteiger partial charge in [-0.05, 0) is 104 Å². The molecule has 0 aliphatic carbocycles. The Labute approximate surface area is 539 Å². The van der Waals surface area contributed by atoms with Crippen molar-refractivity contribution in [3.05, 3.63) is 58.7 Å². The number of aryl methyl sites for hydroxylation is 2. The van der Waals surface area contributed by atoms with E-state index in [9.17, 15) is 0 Å². The molecule has 4 unspecified atom stereocenters. The van der Waals surface area contributed by atoms with Crippen LogP contribution in [0.5, 0.6) is 11.5 Å². The highest BCUT2D eigenvalue weighted by Gasteiger charge is 2.31. The molecule has 0 aromatic heterocycles. The summed E-state index contributed by atoms with van der Waals surface area (Å²) in [6.07, 6.45) is 57.7. The van der Waals surface area contributed by atoms with Gasteiger partial charge in [0, 0.05) is 11.1 Å². The van der Waals surface area contributed by atoms with Crippen LogP contribution >= 0.6 is 17.2 Å². The monoisotopic (exact) mass is 1240 g/mol. The molecule has 0 saturated heterocycles. The van der Waals surface area contributed by atoms with Crippen LogP contribution in [0.2, 0.25) is 0 Å². The molecular formula is C78H144O6P2. The first-order valence-corrected chi connectivity index (χ1v) is 39.6. The normalized spacial score (nSPS) is 14.0. The topological polar surface area (TPSA) is 55.4 Å². The molecule has 4 atom stereocenters. The van der Waals surface area contributed by atoms with Crippen LogP contribution in [0.3, 0.4) is 0 Å². The molecule has 0 spiro atoms. The van der Waals surface area contributed by atoms with Gasteiger partial charge < -0.3 is 27.1 Å². The van der Waals surface area contributed by atoms with Gasteiger partial charge in [-0.3, -0.25) is 0 Å². The average Bonchev–Trinajstić information content (AvgIpc) is 3.63. The van der Waals surface area contributed by atoms with Gasteiger partial charge in [0.2, 0.25) is 0 Å². The van der Waals surface area contributed by atoms with Gasteiger partial charge in [-0.1, -0.05) is 344 Å². The molecule has 0 heterocycles. The zero-order chi connectivity index (χ0) is 62.8. The van der Waals surface area contributed by atoms with Crippen molar-refractivity contribution in [2.75, 3.05) is 26.4 Å². The van der Waals surface area contributed by atoms with Crippen LogP contribution in [0.15, 0.2) is 36.4 Å². The number of rotatable bonds is 60. The lowest BCUT2D eigenvalue weighted by Crippen LogP contribution is -2.25. The van der Waals surface area contributed by atoms with Crippen molar-refractivity contribution in [1.82, 2.24) is 0 Å². The Kier molecular flexibility index (Phi) is 50.1. The quantitative estimate of drug-likeness (QED) is 0.0486. The number of benzene rings is 2. The molecule has 0 saturated carbocycles. The fourth-order valence-corrected chi connectivity index (χ4v) is 15.6. The molecule has 0 aliphatic heterocycles. The largest absolute Gasteiger partial charge is 0.426 e. The number of hydrogen-bond acceptors (Lipinski definition) is 6. The summed E-state index contributed by atoms with van der Waals surface area (Å²) in [7, 11) is -3.08. The van der Waals surface area contributed by atoms with Gasteiger partial charge in [-0.15, -0.1) is 0 Å². The lowest BCUT2D eigenvalue weighted by atomic mass is 9.71. The smallest absolute Gasteiger partial charge is 0.397 e. The Hall–Kier alpha value is -1.26. The van der Waals surface area contributed by atoms with Crippen LogP contribution in [-0.2, 0) is 28.9 Å². The molecule has 0 N–H and O–H groups in total. The van der Waals surface area contributed by atoms with E-state index in [1.165, 1.54) is 279 Å². The first-order valence-electron chi connectivity index (χ1n) is 37.4. The van der Waals surface area contributed by atoms with E-state index < -0.39 is 17.2 Å². The van der Waals surface area contributed by atoms with Gasteiger partial charge in [-0.25, -0.2) is 0 Å². The first-order chi connectivity index (χ1) is 41.7. The zero-order valence-corrected chi connectivity index (χ0v) is 61.3. The van der Waals surface area contributed by atoms with Crippen molar-refractivity contribution in [2.45, 2.75) is 383 Å². The molecule has 2 rings (SSSR count). The van der Waals surface area contributed by atoms with Crippen LogP contribution < -0.4 is 9.05 Å². The Morgan fingerprint density at radius 3 is 0.837 bits per heavy atom. The molecule has 0 bridgehead atoms. The first kappa shape index (κ1) is 80.8. The highest BCUT2D eigenvalue weighted by Crippen LogP contribution is 2.48. The van der Waals surface area contributed by atoms with Crippen LogP contribution in [-0.4, -0.2) is 26.4 Å². The fraction of sp³-hybridized carbons (Fsp3) is 0.846. The van der Waals surface area contributed by atoms with Gasteiger partial charge in [0.1, 0.15) is 11.5 Å². The third kappa shape index (κ3) is 39.9. The second-order valence-corrected chi connectivity index (χ2v) is 30.8. The van der Waals surface area contributed by atoms with Crippen molar-refractivity contribution < 1.29 is 27.1 Å². The Balaban J connectivity index is 2.32. The molecule has 86 heavy (non-hydrogen) atoms. The zero-order valence-electron chi connectivity index (χ0n) is 59.5. The molecule has 0 aliphatic rings. The van der Waals surface area contributed by atoms with Crippen molar-refractivity contribution in [1.29, 1.82) is 0 Å². The van der Waals surface area contributed by atoms with Gasteiger partial charge in [0.05, 0.1) is 26.4 Å². The van der Waals surface area contributed by atoms with E-state index in [0.29, 0.717) is 44.2 Å². The molecule has 0 fully saturated rings. The van der Waals surface area contributed by atoms with Crippen molar-refractivity contribution in [3.8, 4) is 11.5 Å². The molecule has 8 heteroatoms. The number of unbranched alkanes of at least 4 members (excludes halogenated alkanes) is 32. The minimum atomic E-state index is -1.54. The average molecular weight is 1240 g/mol. The molecular weight excluding hydrogens is 1090 g/mol. The van der Waals surface area contributed by atoms with Crippen molar-refractivity contribution >= 4 is 17.2 Å². The maximum absolute atomic E-state index is 6.87. The van der Waals surface area contributed by atoms with E-state index >= 15 is 0 Å². The van der Waals surface area contributed by atoms with Gasteiger partial charge in [0.15, 0.2) is 0 Å². The van der Waals surface area contributed by atoms with E-state index in [-0.39, 0.29) is 10.8 Å².